The van der Waals surface area contributed by atoms with Gasteiger partial charge in [0.15, 0.2) is 0 Å². The van der Waals surface area contributed by atoms with Gasteiger partial charge in [-0.05, 0) is 98.9 Å². The van der Waals surface area contributed by atoms with E-state index in [0.717, 1.165) is 23.2 Å². The van der Waals surface area contributed by atoms with E-state index in [1.54, 1.807) is 0 Å². The standard InChI is InChI=1S/C40H49NO.2CH3.Zr/c1-37(2,3)25-40(10,11)29-17-20-36(42)31(24-29)26-13-12-14-30(21-26)41-34-18-15-27(38(4,5)6)22-32(34)33-23-28(39(7,8)9)16-19-35(33)41;;;/h12-24,42H,25H2,1-11H3;2*1H3;/q;2*-1;+2. The minimum absolute atomic E-state index is 0. The topological polar surface area (TPSA) is 25.2 Å². The van der Waals surface area contributed by atoms with Crippen molar-refractivity contribution >= 4 is 21.8 Å². The Balaban J connectivity index is 0.00000235. The minimum atomic E-state index is -0.0132. The zero-order valence-corrected chi connectivity index (χ0v) is 32.6. The second kappa shape index (κ2) is 13.2. The fraction of sp³-hybridized carbons (Fsp3) is 0.381. The maximum absolute atomic E-state index is 11.1. The molecule has 0 fully saturated rings. The summed E-state index contributed by atoms with van der Waals surface area (Å²) >= 11 is 0. The zero-order valence-electron chi connectivity index (χ0n) is 30.1. The van der Waals surface area contributed by atoms with Crippen molar-refractivity contribution in [1.82, 2.24) is 4.57 Å². The molecule has 0 aliphatic heterocycles. The molecule has 0 atom stereocenters. The number of aromatic nitrogens is 1. The molecule has 238 valence electrons. The first-order valence-electron chi connectivity index (χ1n) is 15.4. The molecular weight excluding hydrogens is 626 g/mol. The van der Waals surface area contributed by atoms with Crippen LogP contribution in [0.15, 0.2) is 78.9 Å². The van der Waals surface area contributed by atoms with Crippen molar-refractivity contribution in [1.29, 1.82) is 0 Å². The third-order valence-electron chi connectivity index (χ3n) is 8.66. The summed E-state index contributed by atoms with van der Waals surface area (Å²) in [6.45, 7) is 25.2. The molecule has 1 N–H and O–H groups in total. The number of aromatic hydroxyl groups is 1. The molecule has 5 aromatic rings. The van der Waals surface area contributed by atoms with Crippen molar-refractivity contribution in [3.05, 3.63) is 110 Å². The number of phenols is 1. The molecule has 0 unspecified atom stereocenters. The predicted molar refractivity (Wildman–Crippen MR) is 195 cm³/mol. The molecule has 2 nitrogen and oxygen atoms in total. The number of phenolic OH excluding ortho intramolecular Hbond substituents is 1. The summed E-state index contributed by atoms with van der Waals surface area (Å²) in [7, 11) is 0. The number of hydrogen-bond donors (Lipinski definition) is 1. The summed E-state index contributed by atoms with van der Waals surface area (Å²) in [5, 5.41) is 13.6. The Morgan fingerprint density at radius 2 is 1.07 bits per heavy atom. The van der Waals surface area contributed by atoms with Crippen LogP contribution in [-0.4, -0.2) is 9.67 Å². The summed E-state index contributed by atoms with van der Waals surface area (Å²) in [6.07, 6.45) is 1.05. The van der Waals surface area contributed by atoms with Crippen LogP contribution in [0.4, 0.5) is 0 Å². The van der Waals surface area contributed by atoms with Crippen LogP contribution >= 0.6 is 0 Å². The molecule has 0 amide bonds. The molecule has 0 saturated heterocycles. The van der Waals surface area contributed by atoms with E-state index in [1.165, 1.54) is 38.5 Å². The van der Waals surface area contributed by atoms with E-state index >= 15 is 0 Å². The fourth-order valence-corrected chi connectivity index (χ4v) is 6.66. The molecule has 3 heteroatoms. The molecule has 0 bridgehead atoms. The molecule has 0 radical (unpaired) electrons. The van der Waals surface area contributed by atoms with Crippen LogP contribution in [0.1, 0.15) is 99.3 Å². The van der Waals surface area contributed by atoms with Crippen molar-refractivity contribution in [2.45, 2.75) is 98.8 Å². The van der Waals surface area contributed by atoms with E-state index in [2.05, 4.69) is 154 Å². The van der Waals surface area contributed by atoms with Crippen LogP contribution in [0, 0.1) is 20.3 Å². The fourth-order valence-electron chi connectivity index (χ4n) is 6.66. The number of hydrogen-bond acceptors (Lipinski definition) is 1. The van der Waals surface area contributed by atoms with Crippen LogP contribution in [-0.2, 0) is 42.4 Å². The second-order valence-electron chi connectivity index (χ2n) is 16.2. The van der Waals surface area contributed by atoms with Crippen molar-refractivity contribution in [3.63, 3.8) is 0 Å². The van der Waals surface area contributed by atoms with Gasteiger partial charge in [0.25, 0.3) is 0 Å². The van der Waals surface area contributed by atoms with Gasteiger partial charge < -0.3 is 24.5 Å². The molecule has 0 aliphatic rings. The Hall–Kier alpha value is -2.64. The van der Waals surface area contributed by atoms with Gasteiger partial charge in [0.2, 0.25) is 0 Å². The van der Waals surface area contributed by atoms with Gasteiger partial charge in [-0.3, -0.25) is 0 Å². The van der Waals surface area contributed by atoms with Gasteiger partial charge in [0.1, 0.15) is 5.75 Å². The molecule has 5 rings (SSSR count). The number of nitrogens with zero attached hydrogens (tertiary/aromatic N) is 1. The van der Waals surface area contributed by atoms with E-state index in [-0.39, 0.29) is 62.7 Å². The van der Waals surface area contributed by atoms with E-state index in [4.69, 9.17) is 0 Å². The summed E-state index contributed by atoms with van der Waals surface area (Å²) in [5.74, 6) is 0.314. The second-order valence-corrected chi connectivity index (χ2v) is 16.2. The van der Waals surface area contributed by atoms with Crippen molar-refractivity contribution in [3.8, 4) is 22.6 Å². The molecule has 0 aliphatic carbocycles. The van der Waals surface area contributed by atoms with Crippen molar-refractivity contribution in [2.75, 3.05) is 0 Å². The van der Waals surface area contributed by atoms with Crippen molar-refractivity contribution < 1.29 is 31.3 Å². The van der Waals surface area contributed by atoms with E-state index in [0.29, 0.717) is 5.75 Å². The third kappa shape index (κ3) is 7.85. The third-order valence-corrected chi connectivity index (χ3v) is 8.66. The molecule has 0 saturated carbocycles. The first kappa shape index (κ1) is 38.5. The Kier molecular flexibility index (Phi) is 11.3. The SMILES string of the molecule is CC(C)(C)CC(C)(C)c1ccc(O)c(-c2cccc(-n3c4ccc(C(C)(C)C)cc4c4cc(C(C)(C)C)ccc43)c2)c1.[CH3-].[CH3-].[Zr+2]. The van der Waals surface area contributed by atoms with Gasteiger partial charge in [-0.1, -0.05) is 106 Å². The molecule has 0 spiro atoms. The average Bonchev–Trinajstić information content (AvgIpc) is 3.19. The number of rotatable bonds is 4. The maximum atomic E-state index is 11.1. The van der Waals surface area contributed by atoms with Gasteiger partial charge in [-0.25, -0.2) is 0 Å². The summed E-state index contributed by atoms with van der Waals surface area (Å²) in [4.78, 5) is 0. The number of benzene rings is 4. The van der Waals surface area contributed by atoms with Gasteiger partial charge in [-0.2, -0.15) is 0 Å². The zero-order chi connectivity index (χ0) is 30.8. The van der Waals surface area contributed by atoms with Crippen LogP contribution in [0.5, 0.6) is 5.75 Å². The monoisotopic (exact) mass is 679 g/mol. The predicted octanol–water partition coefficient (Wildman–Crippen LogP) is 12.4. The van der Waals surface area contributed by atoms with Crippen LogP contribution < -0.4 is 0 Å². The minimum Gasteiger partial charge on any atom is -0.507 e. The Bertz CT molecular complexity index is 1710. The van der Waals surface area contributed by atoms with Gasteiger partial charge >= 0.3 is 26.2 Å². The van der Waals surface area contributed by atoms with Crippen LogP contribution in [0.2, 0.25) is 0 Å². The van der Waals surface area contributed by atoms with Gasteiger partial charge in [-0.15, -0.1) is 0 Å². The first-order valence-corrected chi connectivity index (χ1v) is 15.4. The van der Waals surface area contributed by atoms with E-state index < -0.39 is 0 Å². The van der Waals surface area contributed by atoms with Gasteiger partial charge in [0.05, 0.1) is 11.0 Å². The van der Waals surface area contributed by atoms with Crippen molar-refractivity contribution in [2.24, 2.45) is 5.41 Å². The molecular formula is C42H55NOZr. The molecule has 4 aromatic carbocycles. The van der Waals surface area contributed by atoms with Crippen LogP contribution in [0.3, 0.4) is 0 Å². The normalized spacial score (nSPS) is 12.4. The Morgan fingerprint density at radius 3 is 1.53 bits per heavy atom. The molecule has 1 heterocycles. The first-order chi connectivity index (χ1) is 19.3. The van der Waals surface area contributed by atoms with Gasteiger partial charge in [0, 0.05) is 22.0 Å². The summed E-state index contributed by atoms with van der Waals surface area (Å²) < 4.78 is 2.39. The number of fused-ring (bicyclic) bond motifs is 3. The Morgan fingerprint density at radius 1 is 0.578 bits per heavy atom. The quantitative estimate of drug-likeness (QED) is 0.188. The molecule has 45 heavy (non-hydrogen) atoms. The Labute approximate surface area is 293 Å². The molecule has 1 aromatic heterocycles. The average molecular weight is 681 g/mol. The summed E-state index contributed by atoms with van der Waals surface area (Å²) in [5.41, 5.74) is 9.63. The van der Waals surface area contributed by atoms with Crippen LogP contribution in [0.25, 0.3) is 38.6 Å². The largest absolute Gasteiger partial charge is 2.00 e. The van der Waals surface area contributed by atoms with E-state index in [9.17, 15) is 5.11 Å². The summed E-state index contributed by atoms with van der Waals surface area (Å²) in [6, 6.07) is 28.7. The smallest absolute Gasteiger partial charge is 0.507 e. The van der Waals surface area contributed by atoms with E-state index in [1.807, 2.05) is 6.07 Å². The maximum Gasteiger partial charge on any atom is 2.00 e.